The lowest BCUT2D eigenvalue weighted by Gasteiger charge is -2.09. The number of rotatable bonds is 4. The number of fused-ring (bicyclic) bond motifs is 1. The van der Waals surface area contributed by atoms with Crippen LogP contribution in [-0.2, 0) is 6.42 Å². The first-order valence-corrected chi connectivity index (χ1v) is 10.8. The summed E-state index contributed by atoms with van der Waals surface area (Å²) in [6.07, 6.45) is 0.397. The van der Waals surface area contributed by atoms with Gasteiger partial charge in [-0.25, -0.2) is 19.2 Å². The third kappa shape index (κ3) is 4.22. The highest BCUT2D eigenvalue weighted by Gasteiger charge is 2.14. The highest BCUT2D eigenvalue weighted by Crippen LogP contribution is 2.27. The van der Waals surface area contributed by atoms with E-state index in [0.29, 0.717) is 34.8 Å². The summed E-state index contributed by atoms with van der Waals surface area (Å²) in [5.41, 5.74) is 3.34. The highest BCUT2D eigenvalue weighted by molar-refractivity contribution is 9.10. The van der Waals surface area contributed by atoms with Crippen molar-refractivity contribution >= 4 is 26.9 Å². The number of aromatic nitrogens is 2. The van der Waals surface area contributed by atoms with Gasteiger partial charge in [-0.15, -0.1) is 0 Å². The fraction of sp³-hybridized carbons (Fsp3) is 0.0385. The first-order chi connectivity index (χ1) is 15.5. The van der Waals surface area contributed by atoms with Crippen LogP contribution in [0, 0.1) is 5.82 Å². The van der Waals surface area contributed by atoms with Gasteiger partial charge in [-0.05, 0) is 48.0 Å². The fourth-order valence-corrected chi connectivity index (χ4v) is 3.93. The second-order valence-corrected chi connectivity index (χ2v) is 8.27. The Balaban J connectivity index is 1.67. The molecule has 0 saturated carbocycles. The maximum atomic E-state index is 13.3. The lowest BCUT2D eigenvalue weighted by Crippen LogP contribution is -2.07. The summed E-state index contributed by atoms with van der Waals surface area (Å²) in [4.78, 5) is 22.1. The molecule has 0 spiro atoms. The predicted octanol–water partition coefficient (Wildman–Crippen LogP) is 6.41. The van der Waals surface area contributed by atoms with Crippen molar-refractivity contribution < 1.29 is 8.81 Å². The van der Waals surface area contributed by atoms with Gasteiger partial charge in [0.1, 0.15) is 17.2 Å². The zero-order valence-corrected chi connectivity index (χ0v) is 18.3. The molecule has 0 saturated heterocycles. The van der Waals surface area contributed by atoms with Crippen molar-refractivity contribution in [3.8, 4) is 22.5 Å². The molecular weight excluding hydrogens is 471 g/mol. The Hall–Kier alpha value is -3.64. The predicted molar refractivity (Wildman–Crippen MR) is 126 cm³/mol. The van der Waals surface area contributed by atoms with E-state index in [4.69, 9.17) is 9.40 Å². The van der Waals surface area contributed by atoms with Gasteiger partial charge < -0.3 is 4.42 Å². The molecule has 5 rings (SSSR count). The van der Waals surface area contributed by atoms with Gasteiger partial charge in [-0.1, -0.05) is 58.4 Å². The van der Waals surface area contributed by atoms with Crippen LogP contribution >= 0.6 is 15.9 Å². The Morgan fingerprint density at radius 2 is 1.62 bits per heavy atom. The molecule has 4 nitrogen and oxygen atoms in total. The summed E-state index contributed by atoms with van der Waals surface area (Å²) in [6.45, 7) is 0. The summed E-state index contributed by atoms with van der Waals surface area (Å²) in [7, 11) is 0. The average molecular weight is 487 g/mol. The van der Waals surface area contributed by atoms with Gasteiger partial charge >= 0.3 is 5.63 Å². The third-order valence-corrected chi connectivity index (χ3v) is 5.58. The normalized spacial score (nSPS) is 11.1. The molecule has 0 radical (unpaired) electrons. The van der Waals surface area contributed by atoms with Crippen molar-refractivity contribution in [3.05, 3.63) is 117 Å². The summed E-state index contributed by atoms with van der Waals surface area (Å²) in [5, 5.41) is 0.810. The molecule has 0 aliphatic rings. The molecule has 6 heteroatoms. The Kier molecular flexibility index (Phi) is 5.37. The molecular formula is C26H16BrFN2O2. The van der Waals surface area contributed by atoms with E-state index in [2.05, 4.69) is 20.9 Å². The van der Waals surface area contributed by atoms with Gasteiger partial charge in [-0.3, -0.25) is 0 Å². The van der Waals surface area contributed by atoms with E-state index in [1.165, 1.54) is 12.1 Å². The average Bonchev–Trinajstić information content (AvgIpc) is 2.80. The standard InChI is InChI=1S/C26H16BrFN2O2/c27-19-6-3-5-17(13-19)22-15-23(21-14-18-4-1-2-7-24(18)32-26(21)31)30-25(29-22)12-16-8-10-20(28)11-9-16/h1-11,13-15H,12H2. The van der Waals surface area contributed by atoms with Gasteiger partial charge in [0.2, 0.25) is 0 Å². The molecule has 0 bridgehead atoms. The van der Waals surface area contributed by atoms with Crippen LogP contribution in [0.25, 0.3) is 33.5 Å². The van der Waals surface area contributed by atoms with Crippen molar-refractivity contribution in [1.82, 2.24) is 9.97 Å². The molecule has 0 aliphatic heterocycles. The molecule has 156 valence electrons. The van der Waals surface area contributed by atoms with E-state index in [9.17, 15) is 9.18 Å². The van der Waals surface area contributed by atoms with Crippen molar-refractivity contribution in [1.29, 1.82) is 0 Å². The van der Waals surface area contributed by atoms with E-state index < -0.39 is 5.63 Å². The third-order valence-electron chi connectivity index (χ3n) is 5.09. The van der Waals surface area contributed by atoms with E-state index in [0.717, 1.165) is 21.0 Å². The molecule has 0 amide bonds. The van der Waals surface area contributed by atoms with E-state index in [-0.39, 0.29) is 5.82 Å². The van der Waals surface area contributed by atoms with E-state index >= 15 is 0 Å². The highest BCUT2D eigenvalue weighted by atomic mass is 79.9. The number of benzene rings is 3. The zero-order chi connectivity index (χ0) is 22.1. The first kappa shape index (κ1) is 20.3. The van der Waals surface area contributed by atoms with Crippen molar-refractivity contribution in [2.24, 2.45) is 0 Å². The lowest BCUT2D eigenvalue weighted by molar-refractivity contribution is 0.563. The molecule has 0 N–H and O–H groups in total. The van der Waals surface area contributed by atoms with Crippen LogP contribution in [0.2, 0.25) is 0 Å². The second-order valence-electron chi connectivity index (χ2n) is 7.35. The van der Waals surface area contributed by atoms with Gasteiger partial charge in [0.05, 0.1) is 17.0 Å². The molecule has 0 fully saturated rings. The second kappa shape index (κ2) is 8.48. The largest absolute Gasteiger partial charge is 0.422 e. The smallest absolute Gasteiger partial charge is 0.345 e. The summed E-state index contributed by atoms with van der Waals surface area (Å²) < 4.78 is 19.8. The van der Waals surface area contributed by atoms with Crippen LogP contribution in [0.4, 0.5) is 4.39 Å². The zero-order valence-electron chi connectivity index (χ0n) is 16.8. The van der Waals surface area contributed by atoms with Crippen LogP contribution in [0.3, 0.4) is 0 Å². The number of hydrogen-bond donors (Lipinski definition) is 0. The topological polar surface area (TPSA) is 56.0 Å². The minimum atomic E-state index is -0.463. The van der Waals surface area contributed by atoms with Gasteiger partial charge in [0.25, 0.3) is 0 Å². The van der Waals surface area contributed by atoms with Gasteiger partial charge in [0, 0.05) is 21.8 Å². The molecule has 5 aromatic rings. The summed E-state index contributed by atoms with van der Waals surface area (Å²) in [6, 6.07) is 24.9. The molecule has 2 aromatic heterocycles. The SMILES string of the molecule is O=c1oc2ccccc2cc1-c1cc(-c2cccc(Br)c2)nc(Cc2ccc(F)cc2)n1. The van der Waals surface area contributed by atoms with Crippen molar-refractivity contribution in [3.63, 3.8) is 0 Å². The Morgan fingerprint density at radius 1 is 0.844 bits per heavy atom. The lowest BCUT2D eigenvalue weighted by atomic mass is 10.1. The van der Waals surface area contributed by atoms with Crippen LogP contribution in [0.5, 0.6) is 0 Å². The number of nitrogens with zero attached hydrogens (tertiary/aromatic N) is 2. The van der Waals surface area contributed by atoms with Crippen LogP contribution in [0.15, 0.2) is 98.6 Å². The van der Waals surface area contributed by atoms with E-state index in [1.807, 2.05) is 42.5 Å². The number of hydrogen-bond acceptors (Lipinski definition) is 4. The Labute approximate surface area is 191 Å². The van der Waals surface area contributed by atoms with Gasteiger partial charge in [-0.2, -0.15) is 0 Å². The molecule has 0 aliphatic carbocycles. The summed E-state index contributed by atoms with van der Waals surface area (Å²) in [5.74, 6) is 0.226. The number of para-hydroxylation sites is 1. The van der Waals surface area contributed by atoms with Gasteiger partial charge in [0.15, 0.2) is 0 Å². The van der Waals surface area contributed by atoms with Crippen LogP contribution in [0.1, 0.15) is 11.4 Å². The van der Waals surface area contributed by atoms with E-state index in [1.54, 1.807) is 30.3 Å². The maximum Gasteiger partial charge on any atom is 0.345 e. The minimum absolute atomic E-state index is 0.299. The minimum Gasteiger partial charge on any atom is -0.422 e. The van der Waals surface area contributed by atoms with Crippen LogP contribution < -0.4 is 5.63 Å². The molecule has 3 aromatic carbocycles. The Bertz CT molecular complexity index is 1500. The van der Waals surface area contributed by atoms with Crippen LogP contribution in [-0.4, -0.2) is 9.97 Å². The number of halogens is 2. The van der Waals surface area contributed by atoms with Crippen molar-refractivity contribution in [2.45, 2.75) is 6.42 Å². The summed E-state index contributed by atoms with van der Waals surface area (Å²) >= 11 is 3.50. The fourth-order valence-electron chi connectivity index (χ4n) is 3.54. The molecule has 0 atom stereocenters. The molecule has 2 heterocycles. The molecule has 32 heavy (non-hydrogen) atoms. The van der Waals surface area contributed by atoms with Crippen molar-refractivity contribution in [2.75, 3.05) is 0 Å². The maximum absolute atomic E-state index is 13.3. The first-order valence-electron chi connectivity index (χ1n) is 9.97. The monoisotopic (exact) mass is 486 g/mol. The molecule has 0 unspecified atom stereocenters. The quantitative estimate of drug-likeness (QED) is 0.275. The Morgan fingerprint density at radius 3 is 2.44 bits per heavy atom.